The second-order valence-electron chi connectivity index (χ2n) is 10.1. The fraction of sp³-hybridized carbons (Fsp3) is 0.323. The van der Waals surface area contributed by atoms with Crippen LogP contribution in [0.5, 0.6) is 0 Å². The molecule has 1 unspecified atom stereocenters. The van der Waals surface area contributed by atoms with E-state index in [0.717, 1.165) is 54.0 Å². The lowest BCUT2D eigenvalue weighted by Gasteiger charge is -2.09. The van der Waals surface area contributed by atoms with E-state index in [4.69, 9.17) is 9.52 Å². The molecule has 0 amide bonds. The van der Waals surface area contributed by atoms with E-state index < -0.39 is 9.84 Å². The topological polar surface area (TPSA) is 84.9 Å². The Bertz CT molecular complexity index is 1550. The highest BCUT2D eigenvalue weighted by molar-refractivity contribution is 7.90. The molecule has 0 spiro atoms. The molecule has 204 valence electrons. The Balaban J connectivity index is 1.45. The zero-order valence-corrected chi connectivity index (χ0v) is 23.6. The Morgan fingerprint density at radius 3 is 2.56 bits per heavy atom. The number of allylic oxidation sites excluding steroid dienone is 3. The SMILES string of the molecule is CN=CC1=C(C)CCC(c2ccccc2F)=N/C1=C/CCC(C)Cc1cc(-c2ccc(S(C)(=O)=O)cc2)no1. The first kappa shape index (κ1) is 28.4. The van der Waals surface area contributed by atoms with Crippen LogP contribution in [0.4, 0.5) is 4.39 Å². The maximum absolute atomic E-state index is 14.5. The molecule has 39 heavy (non-hydrogen) atoms. The summed E-state index contributed by atoms with van der Waals surface area (Å²) in [5.74, 6) is 0.845. The monoisotopic (exact) mass is 547 g/mol. The van der Waals surface area contributed by atoms with Crippen LogP contribution < -0.4 is 0 Å². The normalized spacial score (nSPS) is 16.5. The minimum Gasteiger partial charge on any atom is -0.361 e. The van der Waals surface area contributed by atoms with Gasteiger partial charge in [0.15, 0.2) is 9.84 Å². The average molecular weight is 548 g/mol. The van der Waals surface area contributed by atoms with E-state index in [2.05, 4.69) is 30.1 Å². The second-order valence-corrected chi connectivity index (χ2v) is 12.1. The fourth-order valence-corrected chi connectivity index (χ4v) is 5.27. The number of aliphatic imine (C=N–C) groups is 2. The molecule has 1 aliphatic heterocycles. The van der Waals surface area contributed by atoms with Gasteiger partial charge in [0.2, 0.25) is 0 Å². The maximum atomic E-state index is 14.5. The highest BCUT2D eigenvalue weighted by atomic mass is 32.2. The molecular formula is C31H34FN3O3S. The number of nitrogens with zero attached hydrogens (tertiary/aromatic N) is 3. The summed E-state index contributed by atoms with van der Waals surface area (Å²) in [4.78, 5) is 9.44. The quantitative estimate of drug-likeness (QED) is 0.269. The fourth-order valence-electron chi connectivity index (χ4n) is 4.64. The molecule has 1 aromatic heterocycles. The van der Waals surface area contributed by atoms with Crippen molar-refractivity contribution < 1.29 is 17.3 Å². The number of rotatable bonds is 9. The number of hydrogen-bond acceptors (Lipinski definition) is 6. The highest BCUT2D eigenvalue weighted by Crippen LogP contribution is 2.28. The van der Waals surface area contributed by atoms with Crippen LogP contribution >= 0.6 is 0 Å². The standard InChI is InChI=1S/C31H34FN3O3S/c1-21(18-24-19-31(35-38-24)23-13-15-25(16-14-23)39(4,36)37)8-7-11-29-27(20-33-3)22(2)12-17-30(34-29)26-9-5-6-10-28(26)32/h5-6,9-11,13-16,19-21H,7-8,12,17-18H2,1-4H3/b29-11+,33-20?. The van der Waals surface area contributed by atoms with Crippen LogP contribution in [0.2, 0.25) is 0 Å². The van der Waals surface area contributed by atoms with Crippen molar-refractivity contribution in [2.75, 3.05) is 13.3 Å². The summed E-state index contributed by atoms with van der Waals surface area (Å²) >= 11 is 0. The van der Waals surface area contributed by atoms with Crippen molar-refractivity contribution in [3.8, 4) is 11.3 Å². The molecule has 0 N–H and O–H groups in total. The van der Waals surface area contributed by atoms with Gasteiger partial charge in [-0.2, -0.15) is 0 Å². The zero-order valence-electron chi connectivity index (χ0n) is 22.8. The Kier molecular flexibility index (Phi) is 9.07. The molecule has 4 rings (SSSR count). The van der Waals surface area contributed by atoms with Gasteiger partial charge in [-0.15, -0.1) is 0 Å². The zero-order chi connectivity index (χ0) is 28.0. The first-order valence-electron chi connectivity index (χ1n) is 13.1. The maximum Gasteiger partial charge on any atom is 0.175 e. The molecule has 0 radical (unpaired) electrons. The van der Waals surface area contributed by atoms with Gasteiger partial charge in [0, 0.05) is 48.7 Å². The van der Waals surface area contributed by atoms with Crippen LogP contribution in [0.15, 0.2) is 96.9 Å². The smallest absolute Gasteiger partial charge is 0.175 e. The summed E-state index contributed by atoms with van der Waals surface area (Å²) in [5.41, 5.74) is 5.81. The van der Waals surface area contributed by atoms with Gasteiger partial charge >= 0.3 is 0 Å². The van der Waals surface area contributed by atoms with Crippen molar-refractivity contribution in [3.05, 3.63) is 94.7 Å². The van der Waals surface area contributed by atoms with Gasteiger partial charge in [0.05, 0.1) is 16.3 Å². The van der Waals surface area contributed by atoms with Crippen LogP contribution in [0, 0.1) is 11.7 Å². The van der Waals surface area contributed by atoms with E-state index in [0.29, 0.717) is 23.6 Å². The summed E-state index contributed by atoms with van der Waals surface area (Å²) in [6, 6.07) is 15.3. The van der Waals surface area contributed by atoms with E-state index >= 15 is 0 Å². The lowest BCUT2D eigenvalue weighted by atomic mass is 9.98. The molecule has 0 aliphatic carbocycles. The van der Waals surface area contributed by atoms with Crippen molar-refractivity contribution in [2.45, 2.75) is 50.8 Å². The molecule has 6 nitrogen and oxygen atoms in total. The third kappa shape index (κ3) is 7.26. The number of sulfone groups is 1. The van der Waals surface area contributed by atoms with Gasteiger partial charge in [-0.1, -0.05) is 54.1 Å². The largest absolute Gasteiger partial charge is 0.361 e. The van der Waals surface area contributed by atoms with Gasteiger partial charge in [-0.25, -0.2) is 12.8 Å². The predicted molar refractivity (Wildman–Crippen MR) is 155 cm³/mol. The van der Waals surface area contributed by atoms with Crippen LogP contribution in [0.1, 0.15) is 50.9 Å². The minimum absolute atomic E-state index is 0.257. The first-order valence-corrected chi connectivity index (χ1v) is 15.0. The molecule has 1 atom stereocenters. The average Bonchev–Trinajstić information content (AvgIpc) is 3.31. The van der Waals surface area contributed by atoms with E-state index in [9.17, 15) is 12.8 Å². The van der Waals surface area contributed by atoms with E-state index in [1.54, 1.807) is 43.4 Å². The van der Waals surface area contributed by atoms with Crippen molar-refractivity contribution in [3.63, 3.8) is 0 Å². The molecule has 8 heteroatoms. The second kappa shape index (κ2) is 12.5. The molecule has 0 saturated heterocycles. The molecule has 2 heterocycles. The lowest BCUT2D eigenvalue weighted by molar-refractivity contribution is 0.361. The Labute approximate surface area is 230 Å². The number of hydrogen-bond donors (Lipinski definition) is 0. The third-order valence-electron chi connectivity index (χ3n) is 6.85. The van der Waals surface area contributed by atoms with Gasteiger partial charge in [0.25, 0.3) is 0 Å². The van der Waals surface area contributed by atoms with Crippen molar-refractivity contribution in [1.82, 2.24) is 5.16 Å². The van der Waals surface area contributed by atoms with E-state index in [1.165, 1.54) is 17.9 Å². The highest BCUT2D eigenvalue weighted by Gasteiger charge is 2.18. The lowest BCUT2D eigenvalue weighted by Crippen LogP contribution is -2.04. The number of aromatic nitrogens is 1. The summed E-state index contributed by atoms with van der Waals surface area (Å²) in [6.45, 7) is 4.25. The van der Waals surface area contributed by atoms with Gasteiger partial charge in [-0.3, -0.25) is 9.98 Å². The molecule has 0 saturated carbocycles. The van der Waals surface area contributed by atoms with Crippen LogP contribution in [-0.4, -0.2) is 38.8 Å². The van der Waals surface area contributed by atoms with E-state index in [1.807, 2.05) is 18.3 Å². The summed E-state index contributed by atoms with van der Waals surface area (Å²) in [6.07, 6.45) is 9.05. The van der Waals surface area contributed by atoms with Gasteiger partial charge in [0.1, 0.15) is 17.3 Å². The molecule has 1 aliphatic rings. The van der Waals surface area contributed by atoms with Crippen LogP contribution in [0.25, 0.3) is 11.3 Å². The summed E-state index contributed by atoms with van der Waals surface area (Å²) in [5, 5.41) is 4.17. The van der Waals surface area contributed by atoms with Crippen molar-refractivity contribution in [2.24, 2.45) is 15.9 Å². The van der Waals surface area contributed by atoms with Crippen LogP contribution in [-0.2, 0) is 16.3 Å². The molecule has 0 bridgehead atoms. The van der Waals surface area contributed by atoms with E-state index in [-0.39, 0.29) is 10.7 Å². The predicted octanol–water partition coefficient (Wildman–Crippen LogP) is 7.03. The Morgan fingerprint density at radius 1 is 1.13 bits per heavy atom. The van der Waals surface area contributed by atoms with Gasteiger partial charge in [-0.05, 0) is 56.7 Å². The Hall–Kier alpha value is -3.65. The third-order valence-corrected chi connectivity index (χ3v) is 7.98. The molecular weight excluding hydrogens is 513 g/mol. The number of benzene rings is 2. The minimum atomic E-state index is -3.24. The molecule has 3 aromatic rings. The molecule has 0 fully saturated rings. The van der Waals surface area contributed by atoms with Crippen molar-refractivity contribution >= 4 is 21.8 Å². The van der Waals surface area contributed by atoms with Gasteiger partial charge < -0.3 is 4.52 Å². The van der Waals surface area contributed by atoms with Crippen LogP contribution in [0.3, 0.4) is 0 Å². The first-order chi connectivity index (χ1) is 18.7. The molecule has 2 aromatic carbocycles. The summed E-state index contributed by atoms with van der Waals surface area (Å²) in [7, 11) is -1.50. The Morgan fingerprint density at radius 2 is 1.87 bits per heavy atom. The van der Waals surface area contributed by atoms with Crippen molar-refractivity contribution in [1.29, 1.82) is 0 Å². The summed E-state index contributed by atoms with van der Waals surface area (Å²) < 4.78 is 43.5. The number of halogens is 1.